The Morgan fingerprint density at radius 2 is 1.52 bits per heavy atom. The number of fused-ring (bicyclic) bond motifs is 4. The average Bonchev–Trinajstić information content (AvgIpc) is 2.52. The maximum Gasteiger partial charge on any atom is 0.196 e. The van der Waals surface area contributed by atoms with Crippen molar-refractivity contribution in [2.45, 2.75) is 0 Å². The van der Waals surface area contributed by atoms with Gasteiger partial charge in [-0.05, 0) is 12.1 Å². The number of rotatable bonds is 0. The molecule has 1 heterocycles. The van der Waals surface area contributed by atoms with Crippen molar-refractivity contribution >= 4 is 34.1 Å². The first kappa shape index (κ1) is 12.2. The van der Waals surface area contributed by atoms with Crippen molar-refractivity contribution in [3.63, 3.8) is 0 Å². The van der Waals surface area contributed by atoms with E-state index in [4.69, 9.17) is 11.6 Å². The molecule has 4 rings (SSSR count). The van der Waals surface area contributed by atoms with Crippen molar-refractivity contribution < 1.29 is 9.59 Å². The van der Waals surface area contributed by atoms with E-state index in [-0.39, 0.29) is 16.7 Å². The van der Waals surface area contributed by atoms with Gasteiger partial charge in [-0.2, -0.15) is 0 Å². The first-order valence-electron chi connectivity index (χ1n) is 6.30. The molecule has 0 unspecified atom stereocenters. The summed E-state index contributed by atoms with van der Waals surface area (Å²) in [7, 11) is 0. The maximum atomic E-state index is 12.7. The number of carbonyl (C=O) groups excluding carboxylic acids is 2. The van der Waals surface area contributed by atoms with E-state index in [9.17, 15) is 9.59 Å². The number of benzene rings is 2. The molecule has 0 atom stereocenters. The summed E-state index contributed by atoms with van der Waals surface area (Å²) in [5.74, 6) is -0.377. The van der Waals surface area contributed by atoms with Crippen molar-refractivity contribution in [1.82, 2.24) is 9.97 Å². The molecule has 2 aromatic carbocycles. The predicted molar refractivity (Wildman–Crippen MR) is 77.9 cm³/mol. The molecule has 100 valence electrons. The molecule has 1 aliphatic rings. The summed E-state index contributed by atoms with van der Waals surface area (Å²) in [4.78, 5) is 33.3. The van der Waals surface area contributed by atoms with E-state index in [2.05, 4.69) is 9.97 Å². The number of carbonyl (C=O) groups is 2. The SMILES string of the molecule is O=C1c2ccccc2C(=O)c2c1ccc1c(Cl)ncnc21. The van der Waals surface area contributed by atoms with Crippen molar-refractivity contribution in [3.05, 3.63) is 70.1 Å². The second-order valence-corrected chi connectivity index (χ2v) is 5.11. The van der Waals surface area contributed by atoms with Gasteiger partial charge in [0, 0.05) is 22.1 Å². The van der Waals surface area contributed by atoms with Gasteiger partial charge < -0.3 is 0 Å². The standard InChI is InChI=1S/C16H7ClN2O2/c17-16-11-6-5-10-12(13(11)18-7-19-16)15(21)9-4-2-1-3-8(9)14(10)20/h1-7H. The molecule has 1 aromatic heterocycles. The Bertz CT molecular complexity index is 950. The van der Waals surface area contributed by atoms with E-state index in [1.807, 2.05) is 0 Å². The summed E-state index contributed by atoms with van der Waals surface area (Å²) in [6.07, 6.45) is 1.29. The van der Waals surface area contributed by atoms with Crippen molar-refractivity contribution in [2.75, 3.05) is 0 Å². The topological polar surface area (TPSA) is 59.9 Å². The fourth-order valence-electron chi connectivity index (χ4n) is 2.68. The highest BCUT2D eigenvalue weighted by molar-refractivity contribution is 6.36. The minimum absolute atomic E-state index is 0.170. The van der Waals surface area contributed by atoms with E-state index < -0.39 is 0 Å². The summed E-state index contributed by atoms with van der Waals surface area (Å²) >= 11 is 6.04. The highest BCUT2D eigenvalue weighted by atomic mass is 35.5. The third-order valence-corrected chi connectivity index (χ3v) is 3.95. The van der Waals surface area contributed by atoms with E-state index in [1.54, 1.807) is 36.4 Å². The van der Waals surface area contributed by atoms with Gasteiger partial charge in [0.15, 0.2) is 11.6 Å². The number of hydrogen-bond acceptors (Lipinski definition) is 4. The van der Waals surface area contributed by atoms with Crippen LogP contribution in [0.5, 0.6) is 0 Å². The second kappa shape index (κ2) is 4.20. The van der Waals surface area contributed by atoms with Gasteiger partial charge in [-0.15, -0.1) is 0 Å². The molecular formula is C16H7ClN2O2. The summed E-state index contributed by atoms with van der Waals surface area (Å²) in [6, 6.07) is 10.1. The number of halogens is 1. The molecule has 0 saturated heterocycles. The zero-order valence-electron chi connectivity index (χ0n) is 10.6. The zero-order chi connectivity index (χ0) is 14.6. The van der Waals surface area contributed by atoms with Crippen LogP contribution in [0.1, 0.15) is 31.8 Å². The smallest absolute Gasteiger partial charge is 0.196 e. The third-order valence-electron chi connectivity index (χ3n) is 3.65. The van der Waals surface area contributed by atoms with E-state index in [0.29, 0.717) is 33.2 Å². The molecule has 0 bridgehead atoms. The predicted octanol–water partition coefficient (Wildman–Crippen LogP) is 3.06. The van der Waals surface area contributed by atoms with Crippen molar-refractivity contribution in [1.29, 1.82) is 0 Å². The van der Waals surface area contributed by atoms with Crippen LogP contribution >= 0.6 is 11.6 Å². The van der Waals surface area contributed by atoms with Gasteiger partial charge in [0.2, 0.25) is 0 Å². The lowest BCUT2D eigenvalue weighted by Gasteiger charge is -2.18. The molecule has 3 aromatic rings. The number of nitrogens with zero attached hydrogens (tertiary/aromatic N) is 2. The Morgan fingerprint density at radius 1 is 0.810 bits per heavy atom. The Balaban J connectivity index is 2.14. The van der Waals surface area contributed by atoms with Crippen LogP contribution in [0.3, 0.4) is 0 Å². The fraction of sp³-hybridized carbons (Fsp3) is 0. The Kier molecular flexibility index (Phi) is 2.43. The largest absolute Gasteiger partial charge is 0.289 e. The monoisotopic (exact) mass is 294 g/mol. The van der Waals surface area contributed by atoms with Crippen LogP contribution in [0.4, 0.5) is 0 Å². The van der Waals surface area contributed by atoms with Crippen molar-refractivity contribution in [3.8, 4) is 0 Å². The average molecular weight is 295 g/mol. The number of ketones is 2. The molecule has 5 heteroatoms. The van der Waals surface area contributed by atoms with E-state index >= 15 is 0 Å². The molecule has 0 radical (unpaired) electrons. The molecule has 0 amide bonds. The summed E-state index contributed by atoms with van der Waals surface area (Å²) in [5, 5.41) is 0.834. The normalized spacial score (nSPS) is 13.2. The fourth-order valence-corrected chi connectivity index (χ4v) is 2.87. The lowest BCUT2D eigenvalue weighted by atomic mass is 9.83. The Morgan fingerprint density at radius 3 is 2.29 bits per heavy atom. The molecule has 0 aliphatic heterocycles. The zero-order valence-corrected chi connectivity index (χ0v) is 11.4. The second-order valence-electron chi connectivity index (χ2n) is 4.75. The quantitative estimate of drug-likeness (QED) is 0.468. The molecular weight excluding hydrogens is 288 g/mol. The van der Waals surface area contributed by atoms with Crippen LogP contribution in [-0.4, -0.2) is 21.5 Å². The first-order valence-corrected chi connectivity index (χ1v) is 6.68. The van der Waals surface area contributed by atoms with Crippen LogP contribution in [-0.2, 0) is 0 Å². The molecule has 21 heavy (non-hydrogen) atoms. The molecule has 0 fully saturated rings. The van der Waals surface area contributed by atoms with Gasteiger partial charge in [-0.25, -0.2) is 9.97 Å². The van der Waals surface area contributed by atoms with Crippen LogP contribution in [0.15, 0.2) is 42.7 Å². The highest BCUT2D eigenvalue weighted by Crippen LogP contribution is 2.32. The van der Waals surface area contributed by atoms with Crippen LogP contribution in [0, 0.1) is 0 Å². The van der Waals surface area contributed by atoms with E-state index in [0.717, 1.165) is 0 Å². The summed E-state index contributed by atoms with van der Waals surface area (Å²) in [6.45, 7) is 0. The minimum atomic E-state index is -0.208. The molecule has 0 saturated carbocycles. The Hall–Kier alpha value is -2.59. The highest BCUT2D eigenvalue weighted by Gasteiger charge is 2.31. The summed E-state index contributed by atoms with van der Waals surface area (Å²) in [5.41, 5.74) is 1.91. The maximum absolute atomic E-state index is 12.7. The van der Waals surface area contributed by atoms with Gasteiger partial charge in [0.05, 0.1) is 11.1 Å². The molecule has 1 aliphatic carbocycles. The van der Waals surface area contributed by atoms with Gasteiger partial charge in [-0.3, -0.25) is 9.59 Å². The van der Waals surface area contributed by atoms with Crippen LogP contribution in [0.2, 0.25) is 5.15 Å². The molecule has 0 N–H and O–H groups in total. The third kappa shape index (κ3) is 1.56. The van der Waals surface area contributed by atoms with Crippen LogP contribution < -0.4 is 0 Å². The lowest BCUT2D eigenvalue weighted by Crippen LogP contribution is -2.21. The number of hydrogen-bond donors (Lipinski definition) is 0. The van der Waals surface area contributed by atoms with Gasteiger partial charge in [0.1, 0.15) is 11.5 Å². The van der Waals surface area contributed by atoms with E-state index in [1.165, 1.54) is 6.33 Å². The van der Waals surface area contributed by atoms with Crippen LogP contribution in [0.25, 0.3) is 10.9 Å². The molecule has 0 spiro atoms. The molecule has 4 nitrogen and oxygen atoms in total. The first-order chi connectivity index (χ1) is 10.2. The van der Waals surface area contributed by atoms with Gasteiger partial charge in [0.25, 0.3) is 0 Å². The number of aromatic nitrogens is 2. The lowest BCUT2D eigenvalue weighted by molar-refractivity contribution is 0.0980. The summed E-state index contributed by atoms with van der Waals surface area (Å²) < 4.78 is 0. The van der Waals surface area contributed by atoms with Gasteiger partial charge in [-0.1, -0.05) is 35.9 Å². The van der Waals surface area contributed by atoms with Gasteiger partial charge >= 0.3 is 0 Å². The minimum Gasteiger partial charge on any atom is -0.289 e. The van der Waals surface area contributed by atoms with Crippen molar-refractivity contribution in [2.24, 2.45) is 0 Å². The Labute approximate surface area is 124 Å².